The van der Waals surface area contributed by atoms with Crippen molar-refractivity contribution in [1.82, 2.24) is 4.90 Å². The van der Waals surface area contributed by atoms with E-state index in [9.17, 15) is 0 Å². The van der Waals surface area contributed by atoms with Gasteiger partial charge < -0.3 is 9.64 Å². The van der Waals surface area contributed by atoms with Crippen LogP contribution in [0.25, 0.3) is 0 Å². The summed E-state index contributed by atoms with van der Waals surface area (Å²) < 4.78 is 5.86. The van der Waals surface area contributed by atoms with Gasteiger partial charge in [-0.3, -0.25) is 4.99 Å². The predicted molar refractivity (Wildman–Crippen MR) is 57.3 cm³/mol. The second-order valence-electron chi connectivity index (χ2n) is 3.78. The maximum atomic E-state index is 5.86. The predicted octanol–water partition coefficient (Wildman–Crippen LogP) is 1.58. The van der Waals surface area contributed by atoms with Crippen LogP contribution in [0, 0.1) is 0 Å². The maximum absolute atomic E-state index is 5.86. The Morgan fingerprint density at radius 3 is 3.29 bits per heavy atom. The Bertz CT molecular complexity index is 281. The van der Waals surface area contributed by atoms with Gasteiger partial charge >= 0.3 is 0 Å². The van der Waals surface area contributed by atoms with E-state index < -0.39 is 0 Å². The van der Waals surface area contributed by atoms with Crippen molar-refractivity contribution >= 4 is 6.21 Å². The molecule has 3 nitrogen and oxygen atoms in total. The molecule has 0 bridgehead atoms. The minimum atomic E-state index is 0.356. The fourth-order valence-electron chi connectivity index (χ4n) is 1.75. The van der Waals surface area contributed by atoms with Gasteiger partial charge in [0.15, 0.2) is 0 Å². The van der Waals surface area contributed by atoms with Crippen LogP contribution in [0.2, 0.25) is 0 Å². The second kappa shape index (κ2) is 4.42. The molecule has 2 rings (SSSR count). The average molecular weight is 192 g/mol. The summed E-state index contributed by atoms with van der Waals surface area (Å²) in [4.78, 5) is 6.36. The van der Waals surface area contributed by atoms with Gasteiger partial charge in [0.2, 0.25) is 0 Å². The number of aliphatic imine (C=N–C) groups is 1. The summed E-state index contributed by atoms with van der Waals surface area (Å²) in [5.74, 6) is 0.961. The third-order valence-electron chi connectivity index (χ3n) is 2.51. The Kier molecular flexibility index (Phi) is 2.99. The molecule has 0 aromatic rings. The van der Waals surface area contributed by atoms with Crippen molar-refractivity contribution in [3.63, 3.8) is 0 Å². The van der Waals surface area contributed by atoms with Gasteiger partial charge in [-0.2, -0.15) is 0 Å². The average Bonchev–Trinajstić information content (AvgIpc) is 2.43. The molecule has 0 aromatic carbocycles. The van der Waals surface area contributed by atoms with Crippen LogP contribution < -0.4 is 0 Å². The van der Waals surface area contributed by atoms with E-state index in [2.05, 4.69) is 23.0 Å². The van der Waals surface area contributed by atoms with Crippen LogP contribution in [0.3, 0.4) is 0 Å². The SMILES string of the molecule is CN1CCC(OC2=CCC=NC=C2)C1. The molecule has 0 radical (unpaired) electrons. The highest BCUT2D eigenvalue weighted by Gasteiger charge is 2.20. The quantitative estimate of drug-likeness (QED) is 0.663. The van der Waals surface area contributed by atoms with Crippen LogP contribution in [0.15, 0.2) is 29.1 Å². The van der Waals surface area contributed by atoms with Gasteiger partial charge in [0.25, 0.3) is 0 Å². The summed E-state index contributed by atoms with van der Waals surface area (Å²) in [6.07, 6.45) is 10.0. The van der Waals surface area contributed by atoms with Crippen LogP contribution in [-0.4, -0.2) is 37.4 Å². The number of rotatable bonds is 2. The first-order chi connectivity index (χ1) is 6.84. The van der Waals surface area contributed by atoms with E-state index in [0.717, 1.165) is 31.7 Å². The molecule has 1 fully saturated rings. The van der Waals surface area contributed by atoms with Gasteiger partial charge in [-0.1, -0.05) is 0 Å². The van der Waals surface area contributed by atoms with E-state index in [4.69, 9.17) is 4.74 Å². The van der Waals surface area contributed by atoms with E-state index >= 15 is 0 Å². The third kappa shape index (κ3) is 2.45. The van der Waals surface area contributed by atoms with Crippen molar-refractivity contribution in [2.75, 3.05) is 20.1 Å². The lowest BCUT2D eigenvalue weighted by atomic mass is 10.3. The number of likely N-dealkylation sites (N-methyl/N-ethyl adjacent to an activating group) is 1. The Morgan fingerprint density at radius 2 is 2.50 bits per heavy atom. The van der Waals surface area contributed by atoms with Crippen molar-refractivity contribution in [3.05, 3.63) is 24.1 Å². The minimum Gasteiger partial charge on any atom is -0.489 e. The lowest BCUT2D eigenvalue weighted by molar-refractivity contribution is 0.132. The van der Waals surface area contributed by atoms with Crippen molar-refractivity contribution in [2.45, 2.75) is 18.9 Å². The molecule has 0 N–H and O–H groups in total. The number of hydrogen-bond acceptors (Lipinski definition) is 3. The summed E-state index contributed by atoms with van der Waals surface area (Å²) in [6.45, 7) is 2.17. The number of hydrogen-bond donors (Lipinski definition) is 0. The van der Waals surface area contributed by atoms with Gasteiger partial charge in [-0.15, -0.1) is 0 Å². The Hall–Kier alpha value is -1.09. The number of ether oxygens (including phenoxy) is 1. The van der Waals surface area contributed by atoms with Crippen LogP contribution in [0.5, 0.6) is 0 Å². The monoisotopic (exact) mass is 192 g/mol. The lowest BCUT2D eigenvalue weighted by Crippen LogP contribution is -2.18. The molecule has 1 unspecified atom stereocenters. The van der Waals surface area contributed by atoms with E-state index in [1.54, 1.807) is 6.20 Å². The zero-order chi connectivity index (χ0) is 9.80. The molecule has 0 aromatic heterocycles. The molecule has 0 spiro atoms. The van der Waals surface area contributed by atoms with Gasteiger partial charge in [0.05, 0.1) is 0 Å². The van der Waals surface area contributed by atoms with Crippen LogP contribution in [0.4, 0.5) is 0 Å². The van der Waals surface area contributed by atoms with Gasteiger partial charge in [-0.25, -0.2) is 0 Å². The van der Waals surface area contributed by atoms with E-state index in [1.807, 2.05) is 12.3 Å². The molecule has 1 atom stereocenters. The Labute approximate surface area is 84.8 Å². The second-order valence-corrected chi connectivity index (χ2v) is 3.78. The van der Waals surface area contributed by atoms with Crippen LogP contribution in [0.1, 0.15) is 12.8 Å². The van der Waals surface area contributed by atoms with Crippen molar-refractivity contribution < 1.29 is 4.74 Å². The molecular formula is C11H16N2O. The highest BCUT2D eigenvalue weighted by molar-refractivity contribution is 5.61. The zero-order valence-electron chi connectivity index (χ0n) is 8.52. The summed E-state index contributed by atoms with van der Waals surface area (Å²) >= 11 is 0. The standard InChI is InChI=1S/C11H16N2O/c1-13-8-5-11(9-13)14-10-3-2-6-12-7-4-10/h3-4,6-7,11H,2,5,8-9H2,1H3. The maximum Gasteiger partial charge on any atom is 0.117 e. The third-order valence-corrected chi connectivity index (χ3v) is 2.51. The molecule has 0 amide bonds. The Balaban J connectivity index is 1.88. The van der Waals surface area contributed by atoms with Gasteiger partial charge in [0.1, 0.15) is 11.9 Å². The first-order valence-corrected chi connectivity index (χ1v) is 5.08. The molecule has 76 valence electrons. The first-order valence-electron chi connectivity index (χ1n) is 5.08. The van der Waals surface area contributed by atoms with Gasteiger partial charge in [0, 0.05) is 31.9 Å². The number of likely N-dealkylation sites (tertiary alicyclic amines) is 1. The number of allylic oxidation sites excluding steroid dienone is 2. The summed E-state index contributed by atoms with van der Waals surface area (Å²) in [7, 11) is 2.13. The van der Waals surface area contributed by atoms with Crippen molar-refractivity contribution in [3.8, 4) is 0 Å². The summed E-state index contributed by atoms with van der Waals surface area (Å²) in [6, 6.07) is 0. The molecule has 14 heavy (non-hydrogen) atoms. The van der Waals surface area contributed by atoms with E-state index in [0.29, 0.717) is 6.10 Å². The van der Waals surface area contributed by atoms with Crippen molar-refractivity contribution in [1.29, 1.82) is 0 Å². The van der Waals surface area contributed by atoms with E-state index in [-0.39, 0.29) is 0 Å². The highest BCUT2D eigenvalue weighted by Crippen LogP contribution is 2.16. The van der Waals surface area contributed by atoms with Gasteiger partial charge in [-0.05, 0) is 25.6 Å². The van der Waals surface area contributed by atoms with Crippen molar-refractivity contribution in [2.24, 2.45) is 4.99 Å². The molecular weight excluding hydrogens is 176 g/mol. The topological polar surface area (TPSA) is 24.8 Å². The molecule has 2 aliphatic heterocycles. The smallest absolute Gasteiger partial charge is 0.117 e. The molecule has 2 heterocycles. The summed E-state index contributed by atoms with van der Waals surface area (Å²) in [5, 5.41) is 0. The highest BCUT2D eigenvalue weighted by atomic mass is 16.5. The van der Waals surface area contributed by atoms with Crippen LogP contribution >= 0.6 is 0 Å². The molecule has 0 saturated carbocycles. The lowest BCUT2D eigenvalue weighted by Gasteiger charge is -2.13. The first kappa shape index (κ1) is 9.46. The zero-order valence-corrected chi connectivity index (χ0v) is 8.52. The summed E-state index contributed by atoms with van der Waals surface area (Å²) in [5.41, 5.74) is 0. The number of nitrogens with zero attached hydrogens (tertiary/aromatic N) is 2. The molecule has 2 aliphatic rings. The Morgan fingerprint density at radius 1 is 1.57 bits per heavy atom. The molecule has 1 saturated heterocycles. The fraction of sp³-hybridized carbons (Fsp3) is 0.545. The van der Waals surface area contributed by atoms with E-state index in [1.165, 1.54) is 0 Å². The fourth-order valence-corrected chi connectivity index (χ4v) is 1.75. The normalized spacial score (nSPS) is 27.5. The van der Waals surface area contributed by atoms with Crippen LogP contribution in [-0.2, 0) is 4.74 Å². The molecule has 3 heteroatoms. The minimum absolute atomic E-state index is 0.356. The molecule has 0 aliphatic carbocycles. The largest absolute Gasteiger partial charge is 0.489 e.